The van der Waals surface area contributed by atoms with Gasteiger partial charge >= 0.3 is 11.7 Å². The van der Waals surface area contributed by atoms with Crippen molar-refractivity contribution in [3.63, 3.8) is 0 Å². The highest BCUT2D eigenvalue weighted by atomic mass is 16.6. The van der Waals surface area contributed by atoms with Crippen molar-refractivity contribution in [2.24, 2.45) is 0 Å². The number of hydrogen-bond donors (Lipinski definition) is 4. The van der Waals surface area contributed by atoms with E-state index in [0.29, 0.717) is 0 Å². The Morgan fingerprint density at radius 3 is 2.71 bits per heavy atom. The second-order valence-corrected chi connectivity index (χ2v) is 5.32. The van der Waals surface area contributed by atoms with Crippen LogP contribution in [0.5, 0.6) is 0 Å². The molecular formula is C14H19N3O7. The highest BCUT2D eigenvalue weighted by molar-refractivity contribution is 5.93. The van der Waals surface area contributed by atoms with Crippen molar-refractivity contribution >= 4 is 17.9 Å². The van der Waals surface area contributed by atoms with Crippen LogP contribution in [0.2, 0.25) is 0 Å². The van der Waals surface area contributed by atoms with Gasteiger partial charge in [-0.15, -0.1) is 0 Å². The molecule has 5 N–H and O–H groups in total. The van der Waals surface area contributed by atoms with Gasteiger partial charge in [-0.1, -0.05) is 0 Å². The van der Waals surface area contributed by atoms with Gasteiger partial charge in [0.15, 0.2) is 6.23 Å². The Balaban J connectivity index is 2.44. The van der Waals surface area contributed by atoms with E-state index in [9.17, 15) is 19.8 Å². The third kappa shape index (κ3) is 3.31. The number of carbonyl (C=O) groups excluding carboxylic acids is 1. The summed E-state index contributed by atoms with van der Waals surface area (Å²) in [5.74, 6) is -0.702. The standard InChI is InChI=1S/C14H19N3O7/c1-6(13(21)23-2)3-7-4-17(14(22)16-11(7)15)12-10(20)9(19)8(5-18)24-12/h3-4,8-10,12,18-20H,5H2,1-2H3,(H2,15,16,22)/b6-3+/t8-,9-,10+,12-/m1/s1. The maximum Gasteiger partial charge on any atom is 0.351 e. The second kappa shape index (κ2) is 7.09. The molecule has 0 aliphatic carbocycles. The SMILES string of the molecule is COC(=O)/C(C)=C/c1cn([C@@H]2O[C@H](CO)[C@@H](O)[C@@H]2O)c(=O)nc1N. The zero-order valence-electron chi connectivity index (χ0n) is 13.1. The van der Waals surface area contributed by atoms with E-state index in [-0.39, 0.29) is 17.0 Å². The predicted molar refractivity (Wildman–Crippen MR) is 81.6 cm³/mol. The fourth-order valence-corrected chi connectivity index (χ4v) is 2.35. The lowest BCUT2D eigenvalue weighted by Crippen LogP contribution is -2.36. The molecule has 10 heteroatoms. The summed E-state index contributed by atoms with van der Waals surface area (Å²) in [6.45, 7) is 0.966. The van der Waals surface area contributed by atoms with Crippen molar-refractivity contribution in [1.29, 1.82) is 0 Å². The Kier molecular flexibility index (Phi) is 5.34. The molecule has 0 amide bonds. The van der Waals surface area contributed by atoms with Gasteiger partial charge in [-0.25, -0.2) is 9.59 Å². The molecule has 24 heavy (non-hydrogen) atoms. The molecule has 1 aromatic heterocycles. The summed E-state index contributed by atoms with van der Waals surface area (Å²) in [6.07, 6.45) is -2.47. The van der Waals surface area contributed by atoms with Crippen LogP contribution in [0.3, 0.4) is 0 Å². The molecule has 0 aromatic carbocycles. The number of aliphatic hydroxyl groups excluding tert-OH is 3. The fraction of sp³-hybridized carbons (Fsp3) is 0.500. The molecule has 2 heterocycles. The number of anilines is 1. The first kappa shape index (κ1) is 18.1. The topological polar surface area (TPSA) is 157 Å². The summed E-state index contributed by atoms with van der Waals surface area (Å²) in [5.41, 5.74) is 5.32. The zero-order valence-corrected chi connectivity index (χ0v) is 13.1. The molecular weight excluding hydrogens is 322 g/mol. The van der Waals surface area contributed by atoms with E-state index in [2.05, 4.69) is 9.72 Å². The summed E-state index contributed by atoms with van der Waals surface area (Å²) in [6, 6.07) is 0. The van der Waals surface area contributed by atoms with Crippen molar-refractivity contribution in [2.75, 3.05) is 19.5 Å². The van der Waals surface area contributed by atoms with Gasteiger partial charge in [-0.3, -0.25) is 4.57 Å². The number of nitrogen functional groups attached to an aromatic ring is 1. The minimum absolute atomic E-state index is 0.119. The largest absolute Gasteiger partial charge is 0.466 e. The van der Waals surface area contributed by atoms with Gasteiger partial charge < -0.3 is 30.5 Å². The number of ether oxygens (including phenoxy) is 2. The van der Waals surface area contributed by atoms with Crippen molar-refractivity contribution in [3.8, 4) is 0 Å². The van der Waals surface area contributed by atoms with Gasteiger partial charge in [0.2, 0.25) is 0 Å². The number of nitrogens with two attached hydrogens (primary N) is 1. The number of esters is 1. The maximum atomic E-state index is 12.0. The van der Waals surface area contributed by atoms with Gasteiger partial charge in [0.1, 0.15) is 24.1 Å². The molecule has 0 saturated carbocycles. The Hall–Kier alpha value is -2.27. The summed E-state index contributed by atoms with van der Waals surface area (Å²) in [5, 5.41) is 28.9. The number of nitrogens with zero attached hydrogens (tertiary/aromatic N) is 2. The number of hydrogen-bond acceptors (Lipinski definition) is 9. The first-order chi connectivity index (χ1) is 11.3. The summed E-state index contributed by atoms with van der Waals surface area (Å²) >= 11 is 0. The lowest BCUT2D eigenvalue weighted by Gasteiger charge is -2.18. The Morgan fingerprint density at radius 1 is 1.50 bits per heavy atom. The number of carbonyl (C=O) groups is 1. The van der Waals surface area contributed by atoms with Crippen LogP contribution in [-0.4, -0.2) is 62.9 Å². The highest BCUT2D eigenvalue weighted by Crippen LogP contribution is 2.28. The second-order valence-electron chi connectivity index (χ2n) is 5.32. The van der Waals surface area contributed by atoms with E-state index in [4.69, 9.17) is 15.6 Å². The average Bonchev–Trinajstić information content (AvgIpc) is 2.84. The Morgan fingerprint density at radius 2 is 2.17 bits per heavy atom. The number of aromatic nitrogens is 2. The monoisotopic (exact) mass is 341 g/mol. The molecule has 2 rings (SSSR count). The quantitative estimate of drug-likeness (QED) is 0.359. The molecule has 0 spiro atoms. The Labute approximate surface area is 136 Å². The van der Waals surface area contributed by atoms with E-state index in [0.717, 1.165) is 4.57 Å². The van der Waals surface area contributed by atoms with Gasteiger partial charge in [0.25, 0.3) is 0 Å². The maximum absolute atomic E-state index is 12.0. The molecule has 1 saturated heterocycles. The highest BCUT2D eigenvalue weighted by Gasteiger charge is 2.43. The molecule has 1 aromatic rings. The summed E-state index contributed by atoms with van der Waals surface area (Å²) in [7, 11) is 1.22. The minimum Gasteiger partial charge on any atom is -0.466 e. The lowest BCUT2D eigenvalue weighted by atomic mass is 10.1. The summed E-state index contributed by atoms with van der Waals surface area (Å²) in [4.78, 5) is 27.1. The van der Waals surface area contributed by atoms with Crippen molar-refractivity contribution in [1.82, 2.24) is 9.55 Å². The van der Waals surface area contributed by atoms with Crippen LogP contribution in [0.1, 0.15) is 18.7 Å². The van der Waals surface area contributed by atoms with Crippen LogP contribution < -0.4 is 11.4 Å². The molecule has 10 nitrogen and oxygen atoms in total. The van der Waals surface area contributed by atoms with Crippen molar-refractivity contribution in [3.05, 3.63) is 27.8 Å². The molecule has 0 unspecified atom stereocenters. The van der Waals surface area contributed by atoms with Gasteiger partial charge in [-0.2, -0.15) is 4.98 Å². The molecule has 1 fully saturated rings. The Bertz CT molecular complexity index is 715. The molecule has 1 aliphatic rings. The number of methoxy groups -OCH3 is 1. The number of aliphatic hydroxyl groups is 3. The zero-order chi connectivity index (χ0) is 18.0. The van der Waals surface area contributed by atoms with Gasteiger partial charge in [0, 0.05) is 17.3 Å². The van der Waals surface area contributed by atoms with Crippen LogP contribution in [0.15, 0.2) is 16.6 Å². The van der Waals surface area contributed by atoms with Crippen LogP contribution in [-0.2, 0) is 14.3 Å². The first-order valence-corrected chi connectivity index (χ1v) is 7.07. The van der Waals surface area contributed by atoms with E-state index in [1.165, 1.54) is 26.3 Å². The van der Waals surface area contributed by atoms with Crippen molar-refractivity contribution < 1.29 is 29.6 Å². The number of rotatable bonds is 4. The van der Waals surface area contributed by atoms with E-state index in [1.807, 2.05) is 0 Å². The molecule has 4 atom stereocenters. The van der Waals surface area contributed by atoms with Gasteiger partial charge in [-0.05, 0) is 13.0 Å². The van der Waals surface area contributed by atoms with Crippen LogP contribution >= 0.6 is 0 Å². The van der Waals surface area contributed by atoms with E-state index in [1.54, 1.807) is 0 Å². The smallest absolute Gasteiger partial charge is 0.351 e. The third-order valence-corrected chi connectivity index (χ3v) is 3.68. The lowest BCUT2D eigenvalue weighted by molar-refractivity contribution is -0.135. The fourth-order valence-electron chi connectivity index (χ4n) is 2.35. The molecule has 132 valence electrons. The molecule has 0 radical (unpaired) electrons. The summed E-state index contributed by atoms with van der Waals surface area (Å²) < 4.78 is 10.8. The average molecular weight is 341 g/mol. The van der Waals surface area contributed by atoms with Crippen molar-refractivity contribution in [2.45, 2.75) is 31.5 Å². The van der Waals surface area contributed by atoms with Gasteiger partial charge in [0.05, 0.1) is 13.7 Å². The third-order valence-electron chi connectivity index (χ3n) is 3.68. The van der Waals surface area contributed by atoms with E-state index >= 15 is 0 Å². The predicted octanol–water partition coefficient (Wildman–Crippen LogP) is -1.99. The minimum atomic E-state index is -1.44. The molecule has 1 aliphatic heterocycles. The van der Waals surface area contributed by atoms with E-state index < -0.39 is 42.8 Å². The van der Waals surface area contributed by atoms with Crippen LogP contribution in [0, 0.1) is 0 Å². The normalized spacial score (nSPS) is 27.3. The first-order valence-electron chi connectivity index (χ1n) is 7.07. The van der Waals surface area contributed by atoms with Crippen LogP contribution in [0.4, 0.5) is 5.82 Å². The molecule has 0 bridgehead atoms. The van der Waals surface area contributed by atoms with Crippen LogP contribution in [0.25, 0.3) is 6.08 Å².